The predicted octanol–water partition coefficient (Wildman–Crippen LogP) is 2.82. The van der Waals surface area contributed by atoms with Crippen LogP contribution in [0.1, 0.15) is 29.2 Å². The number of phenolic OH excluding ortho intramolecular Hbond substituents is 1. The number of benzene rings is 2. The Bertz CT molecular complexity index is 921. The number of hydrogen-bond acceptors (Lipinski definition) is 5. The number of aromatic hydroxyl groups is 1. The molecule has 0 amide bonds. The van der Waals surface area contributed by atoms with Crippen LogP contribution in [0.2, 0.25) is 0 Å². The van der Waals surface area contributed by atoms with E-state index < -0.39 is 16.1 Å². The van der Waals surface area contributed by atoms with E-state index in [4.69, 9.17) is 4.74 Å². The van der Waals surface area contributed by atoms with Gasteiger partial charge in [0.2, 0.25) is 10.0 Å². The summed E-state index contributed by atoms with van der Waals surface area (Å²) in [7, 11) is -2.08. The number of hydrogen-bond donors (Lipinski definition) is 1. The van der Waals surface area contributed by atoms with Crippen LogP contribution in [-0.2, 0) is 10.0 Å². The molecule has 132 valence electrons. The molecule has 6 nitrogen and oxygen atoms in total. The Hall–Kier alpha value is -2.54. The second-order valence-corrected chi connectivity index (χ2v) is 7.91. The van der Waals surface area contributed by atoms with Crippen LogP contribution in [0.4, 0.5) is 0 Å². The molecule has 25 heavy (non-hydrogen) atoms. The predicted molar refractivity (Wildman–Crippen MR) is 96.4 cm³/mol. The van der Waals surface area contributed by atoms with Crippen LogP contribution in [0.5, 0.6) is 11.5 Å². The summed E-state index contributed by atoms with van der Waals surface area (Å²) in [6, 6.07) is 12.3. The lowest BCUT2D eigenvalue weighted by Crippen LogP contribution is -2.25. The number of phenols is 1. The molecule has 0 bridgehead atoms. The fourth-order valence-electron chi connectivity index (χ4n) is 2.96. The highest BCUT2D eigenvalue weighted by molar-refractivity contribution is 7.88. The Balaban J connectivity index is 2.06. The molecule has 0 radical (unpaired) electrons. The van der Waals surface area contributed by atoms with E-state index in [1.807, 2.05) is 31.2 Å². The number of methoxy groups -OCH3 is 1. The standard InChI is InChI=1S/C18H20N2O4S/c1-12-7-9-13(10-8-12)16-11-15(19-20(16)25(3,22)23)14-5-4-6-17(21)18(14)24-2/h4-10,16,21H,11H2,1-3H3. The molecule has 1 unspecified atom stereocenters. The van der Waals surface area contributed by atoms with Gasteiger partial charge in [-0.1, -0.05) is 35.9 Å². The zero-order chi connectivity index (χ0) is 18.2. The second-order valence-electron chi connectivity index (χ2n) is 6.07. The third-order valence-electron chi connectivity index (χ3n) is 4.18. The monoisotopic (exact) mass is 360 g/mol. The molecule has 0 saturated heterocycles. The van der Waals surface area contributed by atoms with Crippen LogP contribution >= 0.6 is 0 Å². The van der Waals surface area contributed by atoms with E-state index in [-0.39, 0.29) is 5.75 Å². The lowest BCUT2D eigenvalue weighted by atomic mass is 9.98. The average Bonchev–Trinajstić information content (AvgIpc) is 3.00. The van der Waals surface area contributed by atoms with Crippen LogP contribution in [0.25, 0.3) is 0 Å². The first-order chi connectivity index (χ1) is 11.8. The first-order valence-corrected chi connectivity index (χ1v) is 9.66. The van der Waals surface area contributed by atoms with Gasteiger partial charge in [-0.05, 0) is 24.6 Å². The number of para-hydroxylation sites is 1. The minimum Gasteiger partial charge on any atom is -0.504 e. The van der Waals surface area contributed by atoms with Crippen molar-refractivity contribution in [1.29, 1.82) is 0 Å². The quantitative estimate of drug-likeness (QED) is 0.909. The van der Waals surface area contributed by atoms with Crippen molar-refractivity contribution in [2.45, 2.75) is 19.4 Å². The van der Waals surface area contributed by atoms with Crippen molar-refractivity contribution < 1.29 is 18.3 Å². The number of aryl methyl sites for hydroxylation is 1. The topological polar surface area (TPSA) is 79.2 Å². The van der Waals surface area contributed by atoms with Crippen molar-refractivity contribution >= 4 is 15.7 Å². The van der Waals surface area contributed by atoms with Gasteiger partial charge in [-0.2, -0.15) is 9.52 Å². The van der Waals surface area contributed by atoms with Gasteiger partial charge in [0.05, 0.1) is 25.1 Å². The van der Waals surface area contributed by atoms with Crippen molar-refractivity contribution in [3.63, 3.8) is 0 Å². The highest BCUT2D eigenvalue weighted by atomic mass is 32.2. The largest absolute Gasteiger partial charge is 0.504 e. The van der Waals surface area contributed by atoms with Gasteiger partial charge in [-0.25, -0.2) is 8.42 Å². The Labute approximate surface area is 147 Å². The number of rotatable bonds is 4. The van der Waals surface area contributed by atoms with Crippen molar-refractivity contribution in [3.05, 3.63) is 59.2 Å². The Kier molecular flexibility index (Phi) is 4.43. The summed E-state index contributed by atoms with van der Waals surface area (Å²) in [6.45, 7) is 1.98. The first-order valence-electron chi connectivity index (χ1n) is 7.81. The van der Waals surface area contributed by atoms with E-state index in [1.165, 1.54) is 13.2 Å². The molecule has 1 aliphatic heterocycles. The summed E-state index contributed by atoms with van der Waals surface area (Å²) >= 11 is 0. The van der Waals surface area contributed by atoms with Gasteiger partial charge in [0.25, 0.3) is 0 Å². The molecule has 2 aromatic rings. The third kappa shape index (κ3) is 3.32. The van der Waals surface area contributed by atoms with Gasteiger partial charge in [0, 0.05) is 12.0 Å². The molecule has 0 spiro atoms. The SMILES string of the molecule is COc1c(O)cccc1C1=NN(S(C)(=O)=O)C(c2ccc(C)cc2)C1. The lowest BCUT2D eigenvalue weighted by Gasteiger charge is -2.21. The maximum atomic E-state index is 12.2. The average molecular weight is 360 g/mol. The van der Waals surface area contributed by atoms with Gasteiger partial charge < -0.3 is 9.84 Å². The molecular weight excluding hydrogens is 340 g/mol. The summed E-state index contributed by atoms with van der Waals surface area (Å²) in [4.78, 5) is 0. The van der Waals surface area contributed by atoms with Crippen molar-refractivity contribution in [2.24, 2.45) is 5.10 Å². The highest BCUT2D eigenvalue weighted by Gasteiger charge is 2.35. The summed E-state index contributed by atoms with van der Waals surface area (Å²) in [5.74, 6) is 0.284. The number of hydrazone groups is 1. The smallest absolute Gasteiger partial charge is 0.247 e. The molecule has 0 saturated carbocycles. The minimum atomic E-state index is -3.54. The van der Waals surface area contributed by atoms with Crippen molar-refractivity contribution in [1.82, 2.24) is 4.41 Å². The van der Waals surface area contributed by atoms with Crippen LogP contribution in [0.3, 0.4) is 0 Å². The number of sulfonamides is 1. The number of nitrogens with zero attached hydrogens (tertiary/aromatic N) is 2. The van der Waals surface area contributed by atoms with E-state index in [1.54, 1.807) is 12.1 Å². The zero-order valence-corrected chi connectivity index (χ0v) is 15.1. The van der Waals surface area contributed by atoms with Crippen molar-refractivity contribution in [3.8, 4) is 11.5 Å². The lowest BCUT2D eigenvalue weighted by molar-refractivity contribution is 0.372. The van der Waals surface area contributed by atoms with E-state index in [0.29, 0.717) is 23.4 Å². The first kappa shape index (κ1) is 17.3. The maximum absolute atomic E-state index is 12.2. The highest BCUT2D eigenvalue weighted by Crippen LogP contribution is 2.38. The van der Waals surface area contributed by atoms with Crippen LogP contribution in [-0.4, -0.2) is 37.0 Å². The van der Waals surface area contributed by atoms with Crippen LogP contribution in [0.15, 0.2) is 47.6 Å². The summed E-state index contributed by atoms with van der Waals surface area (Å²) < 4.78 is 30.8. The molecule has 1 heterocycles. The van der Waals surface area contributed by atoms with E-state index in [2.05, 4.69) is 5.10 Å². The second kappa shape index (κ2) is 6.40. The molecule has 0 aliphatic carbocycles. The molecular formula is C18H20N2O4S. The molecule has 3 rings (SSSR count). The summed E-state index contributed by atoms with van der Waals surface area (Å²) in [6.07, 6.45) is 1.54. The van der Waals surface area contributed by atoms with Gasteiger partial charge in [-0.15, -0.1) is 0 Å². The molecule has 1 atom stereocenters. The van der Waals surface area contributed by atoms with E-state index >= 15 is 0 Å². The normalized spacial score (nSPS) is 17.5. The Morgan fingerprint density at radius 3 is 2.48 bits per heavy atom. The fraction of sp³-hybridized carbons (Fsp3) is 0.278. The molecule has 0 fully saturated rings. The van der Waals surface area contributed by atoms with Gasteiger partial charge in [-0.3, -0.25) is 0 Å². The molecule has 2 aromatic carbocycles. The van der Waals surface area contributed by atoms with Gasteiger partial charge in [0.1, 0.15) is 0 Å². The van der Waals surface area contributed by atoms with Gasteiger partial charge >= 0.3 is 0 Å². The Morgan fingerprint density at radius 1 is 1.20 bits per heavy atom. The minimum absolute atomic E-state index is 0.00704. The maximum Gasteiger partial charge on any atom is 0.247 e. The molecule has 0 aromatic heterocycles. The third-order valence-corrected chi connectivity index (χ3v) is 5.20. The summed E-state index contributed by atoms with van der Waals surface area (Å²) in [5, 5.41) is 14.3. The number of ether oxygens (including phenoxy) is 1. The van der Waals surface area contributed by atoms with Gasteiger partial charge in [0.15, 0.2) is 11.5 Å². The van der Waals surface area contributed by atoms with E-state index in [9.17, 15) is 13.5 Å². The fourth-order valence-corrected chi connectivity index (χ4v) is 3.87. The molecule has 7 heteroatoms. The van der Waals surface area contributed by atoms with Crippen molar-refractivity contribution in [2.75, 3.05) is 13.4 Å². The summed E-state index contributed by atoms with van der Waals surface area (Å²) in [5.41, 5.74) is 3.12. The zero-order valence-electron chi connectivity index (χ0n) is 14.3. The van der Waals surface area contributed by atoms with Crippen LogP contribution in [0, 0.1) is 6.92 Å². The van der Waals surface area contributed by atoms with Crippen LogP contribution < -0.4 is 4.74 Å². The van der Waals surface area contributed by atoms with E-state index in [0.717, 1.165) is 21.8 Å². The molecule has 1 aliphatic rings. The Morgan fingerprint density at radius 2 is 1.88 bits per heavy atom. The molecule has 1 N–H and O–H groups in total.